The molecule has 2 amide bonds. The maximum absolute atomic E-state index is 12.0. The van der Waals surface area contributed by atoms with Crippen LogP contribution < -0.4 is 10.6 Å². The standard InChI is InChI=1S/C30H50Cl2N2O8/c1-3-5-7-15-25(41-29(39)21-31)23(35)13-9-11-17-27(37)33-19-20-34-28(38)18-12-10-14-24(36)26(16-8-6-4-2)42-30(40)22-32/h9-12,23-26,35-36H,3-8,13-22H2,1-2H3,(H,33,37)(H,34,38). The Bertz CT molecular complexity index is 759. The topological polar surface area (TPSA) is 151 Å². The van der Waals surface area contributed by atoms with E-state index in [2.05, 4.69) is 24.5 Å². The van der Waals surface area contributed by atoms with Crippen LogP contribution in [0, 0.1) is 0 Å². The number of esters is 2. The van der Waals surface area contributed by atoms with Gasteiger partial charge >= 0.3 is 11.9 Å². The van der Waals surface area contributed by atoms with E-state index in [4.69, 9.17) is 32.7 Å². The van der Waals surface area contributed by atoms with E-state index in [0.717, 1.165) is 38.5 Å². The van der Waals surface area contributed by atoms with Crippen molar-refractivity contribution >= 4 is 47.0 Å². The molecule has 0 aliphatic heterocycles. The first-order valence-electron chi connectivity index (χ1n) is 14.9. The van der Waals surface area contributed by atoms with Crippen molar-refractivity contribution in [3.05, 3.63) is 24.3 Å². The molecule has 0 bridgehead atoms. The van der Waals surface area contributed by atoms with Gasteiger partial charge in [-0.05, 0) is 38.5 Å². The van der Waals surface area contributed by atoms with Gasteiger partial charge in [0.15, 0.2) is 0 Å². The number of hydrogen-bond acceptors (Lipinski definition) is 8. The van der Waals surface area contributed by atoms with Crippen LogP contribution in [-0.4, -0.2) is 83.2 Å². The van der Waals surface area contributed by atoms with Gasteiger partial charge in [-0.3, -0.25) is 19.2 Å². The van der Waals surface area contributed by atoms with E-state index in [9.17, 15) is 29.4 Å². The summed E-state index contributed by atoms with van der Waals surface area (Å²) in [5.41, 5.74) is 0. The van der Waals surface area contributed by atoms with Crippen molar-refractivity contribution in [3.8, 4) is 0 Å². The minimum atomic E-state index is -0.887. The summed E-state index contributed by atoms with van der Waals surface area (Å²) in [6.45, 7) is 4.62. The van der Waals surface area contributed by atoms with Crippen LogP contribution in [0.1, 0.15) is 90.9 Å². The maximum Gasteiger partial charge on any atom is 0.321 e. The molecule has 0 aromatic heterocycles. The van der Waals surface area contributed by atoms with Crippen molar-refractivity contribution in [2.45, 2.75) is 115 Å². The summed E-state index contributed by atoms with van der Waals surface area (Å²) in [5.74, 6) is -2.17. The first-order chi connectivity index (χ1) is 20.2. The second kappa shape index (κ2) is 26.5. The van der Waals surface area contributed by atoms with E-state index < -0.39 is 36.4 Å². The molecule has 0 rings (SSSR count). The number of unbranched alkanes of at least 4 members (excludes halogenated alkanes) is 4. The first-order valence-corrected chi connectivity index (χ1v) is 16.0. The zero-order valence-electron chi connectivity index (χ0n) is 25.0. The van der Waals surface area contributed by atoms with Crippen molar-refractivity contribution in [1.82, 2.24) is 10.6 Å². The van der Waals surface area contributed by atoms with Crippen molar-refractivity contribution in [2.75, 3.05) is 24.8 Å². The largest absolute Gasteiger partial charge is 0.459 e. The zero-order chi connectivity index (χ0) is 31.6. The smallest absolute Gasteiger partial charge is 0.321 e. The van der Waals surface area contributed by atoms with Crippen LogP contribution in [0.4, 0.5) is 0 Å². The Hall–Kier alpha value is -2.14. The summed E-state index contributed by atoms with van der Waals surface area (Å²) < 4.78 is 10.5. The number of ether oxygens (including phenoxy) is 2. The highest BCUT2D eigenvalue weighted by molar-refractivity contribution is 6.26. The Balaban J connectivity index is 4.27. The molecule has 0 spiro atoms. The summed E-state index contributed by atoms with van der Waals surface area (Å²) >= 11 is 11.0. The minimum absolute atomic E-state index is 0.105. The van der Waals surface area contributed by atoms with E-state index in [1.54, 1.807) is 24.3 Å². The molecule has 0 saturated carbocycles. The summed E-state index contributed by atoms with van der Waals surface area (Å²) in [7, 11) is 0. The number of nitrogens with one attached hydrogen (secondary N) is 2. The molecule has 42 heavy (non-hydrogen) atoms. The van der Waals surface area contributed by atoms with Gasteiger partial charge in [0.05, 0.1) is 12.2 Å². The number of halogens is 2. The summed E-state index contributed by atoms with van der Waals surface area (Å²) in [6, 6.07) is 0. The molecule has 10 nitrogen and oxygen atoms in total. The average Bonchev–Trinajstić information content (AvgIpc) is 2.98. The second-order valence-corrected chi connectivity index (χ2v) is 10.5. The van der Waals surface area contributed by atoms with E-state index >= 15 is 0 Å². The SMILES string of the molecule is CCCCCC(OC(=O)CCl)C(O)CC=CCC(=O)NCCNC(=O)CC=CCC(O)C(CCCCC)OC(=O)CCl. The van der Waals surface area contributed by atoms with E-state index in [-0.39, 0.29) is 62.3 Å². The van der Waals surface area contributed by atoms with Gasteiger partial charge < -0.3 is 30.3 Å². The molecule has 0 aliphatic carbocycles. The third-order valence-corrected chi connectivity index (χ3v) is 6.73. The minimum Gasteiger partial charge on any atom is -0.459 e. The quantitative estimate of drug-likeness (QED) is 0.0506. The monoisotopic (exact) mass is 636 g/mol. The highest BCUT2D eigenvalue weighted by Crippen LogP contribution is 2.16. The number of aliphatic hydroxyl groups excluding tert-OH is 2. The summed E-state index contributed by atoms with van der Waals surface area (Å²) in [4.78, 5) is 47.1. The average molecular weight is 638 g/mol. The van der Waals surface area contributed by atoms with Gasteiger partial charge in [-0.2, -0.15) is 0 Å². The van der Waals surface area contributed by atoms with Gasteiger partial charge in [0.25, 0.3) is 0 Å². The lowest BCUT2D eigenvalue weighted by atomic mass is 10.0. The summed E-state index contributed by atoms with van der Waals surface area (Å²) in [6.07, 6.45) is 10.9. The zero-order valence-corrected chi connectivity index (χ0v) is 26.5. The lowest BCUT2D eigenvalue weighted by Gasteiger charge is -2.22. The van der Waals surface area contributed by atoms with Crippen molar-refractivity contribution in [3.63, 3.8) is 0 Å². The second-order valence-electron chi connectivity index (χ2n) is 9.97. The van der Waals surface area contributed by atoms with Crippen LogP contribution in [0.3, 0.4) is 0 Å². The Morgan fingerprint density at radius 1 is 0.667 bits per heavy atom. The molecule has 4 N–H and O–H groups in total. The van der Waals surface area contributed by atoms with Gasteiger partial charge in [-0.25, -0.2) is 0 Å². The molecular weight excluding hydrogens is 587 g/mol. The van der Waals surface area contributed by atoms with Crippen LogP contribution in [0.2, 0.25) is 0 Å². The molecule has 12 heteroatoms. The van der Waals surface area contributed by atoms with Crippen LogP contribution in [-0.2, 0) is 28.7 Å². The lowest BCUT2D eigenvalue weighted by molar-refractivity contribution is -0.153. The summed E-state index contributed by atoms with van der Waals surface area (Å²) in [5, 5.41) is 26.2. The number of carbonyl (C=O) groups excluding carboxylic acids is 4. The third-order valence-electron chi connectivity index (χ3n) is 6.29. The fourth-order valence-electron chi connectivity index (χ4n) is 3.96. The van der Waals surface area contributed by atoms with Gasteiger partial charge in [0, 0.05) is 25.9 Å². The Labute approximate surface area is 260 Å². The molecule has 242 valence electrons. The Kier molecular flexibility index (Phi) is 25.1. The normalized spacial score (nSPS) is 14.3. The number of rotatable bonds is 25. The van der Waals surface area contributed by atoms with Gasteiger partial charge in [-0.15, -0.1) is 23.2 Å². The molecule has 0 saturated heterocycles. The maximum atomic E-state index is 12.0. The number of aliphatic hydroxyl groups is 2. The molecule has 0 heterocycles. The number of carbonyl (C=O) groups is 4. The number of amides is 2. The lowest BCUT2D eigenvalue weighted by Crippen LogP contribution is -2.34. The fraction of sp³-hybridized carbons (Fsp3) is 0.733. The van der Waals surface area contributed by atoms with E-state index in [1.807, 2.05) is 0 Å². The Morgan fingerprint density at radius 3 is 1.38 bits per heavy atom. The Morgan fingerprint density at radius 2 is 1.05 bits per heavy atom. The molecule has 0 aliphatic rings. The van der Waals surface area contributed by atoms with Gasteiger partial charge in [0.2, 0.25) is 11.8 Å². The molecule has 0 aromatic carbocycles. The predicted octanol–water partition coefficient (Wildman–Crippen LogP) is 4.08. The van der Waals surface area contributed by atoms with Gasteiger partial charge in [-0.1, -0.05) is 63.8 Å². The van der Waals surface area contributed by atoms with Crippen LogP contribution in [0.25, 0.3) is 0 Å². The molecule has 0 fully saturated rings. The predicted molar refractivity (Wildman–Crippen MR) is 164 cm³/mol. The molecule has 4 atom stereocenters. The number of alkyl halides is 2. The fourth-order valence-corrected chi connectivity index (χ4v) is 4.08. The van der Waals surface area contributed by atoms with Crippen LogP contribution in [0.5, 0.6) is 0 Å². The van der Waals surface area contributed by atoms with Crippen molar-refractivity contribution in [1.29, 1.82) is 0 Å². The van der Waals surface area contributed by atoms with Crippen LogP contribution in [0.15, 0.2) is 24.3 Å². The molecule has 4 unspecified atom stereocenters. The van der Waals surface area contributed by atoms with Crippen LogP contribution >= 0.6 is 23.2 Å². The van der Waals surface area contributed by atoms with Crippen molar-refractivity contribution < 1.29 is 38.9 Å². The van der Waals surface area contributed by atoms with E-state index in [0.29, 0.717) is 12.8 Å². The van der Waals surface area contributed by atoms with Crippen molar-refractivity contribution in [2.24, 2.45) is 0 Å². The van der Waals surface area contributed by atoms with E-state index in [1.165, 1.54) is 0 Å². The highest BCUT2D eigenvalue weighted by atomic mass is 35.5. The first kappa shape index (κ1) is 39.9. The van der Waals surface area contributed by atoms with Gasteiger partial charge in [0.1, 0.15) is 24.0 Å². The highest BCUT2D eigenvalue weighted by Gasteiger charge is 2.23. The molecule has 0 aromatic rings. The molecule has 0 radical (unpaired) electrons. The molecular formula is C30H50Cl2N2O8. The third kappa shape index (κ3) is 21.5. The number of hydrogen-bond donors (Lipinski definition) is 4.